The van der Waals surface area contributed by atoms with Crippen LogP contribution in [0.2, 0.25) is 0 Å². The molecule has 49 heavy (non-hydrogen) atoms. The number of hydrogen-bond acceptors (Lipinski definition) is 8. The van der Waals surface area contributed by atoms with Crippen LogP contribution >= 0.6 is 0 Å². The molecule has 1 aromatic carbocycles. The van der Waals surface area contributed by atoms with Crippen molar-refractivity contribution in [3.8, 4) is 17.3 Å². The fourth-order valence-corrected chi connectivity index (χ4v) is 9.29. The molecule has 4 atom stereocenters. The Morgan fingerprint density at radius 2 is 1.90 bits per heavy atom. The van der Waals surface area contributed by atoms with Crippen LogP contribution in [0.4, 0.5) is 42.4 Å². The van der Waals surface area contributed by atoms with Gasteiger partial charge in [0.05, 0.1) is 27.7 Å². The molecule has 15 heteroatoms. The zero-order chi connectivity index (χ0) is 34.8. The smallest absolute Gasteiger partial charge is 0.418 e. The van der Waals surface area contributed by atoms with Crippen molar-refractivity contribution >= 4 is 22.5 Å². The normalized spacial score (nSPS) is 27.4. The first-order valence-electron chi connectivity index (χ1n) is 16.6. The monoisotopic (exact) mass is 691 g/mol. The van der Waals surface area contributed by atoms with Crippen molar-refractivity contribution < 1.29 is 35.5 Å². The third-order valence-corrected chi connectivity index (χ3v) is 11.4. The lowest BCUT2D eigenvalue weighted by Gasteiger charge is -2.43. The molecule has 0 radical (unpaired) electrons. The zero-order valence-corrected chi connectivity index (χ0v) is 27.2. The summed E-state index contributed by atoms with van der Waals surface area (Å²) in [4.78, 5) is 17.1. The second kappa shape index (κ2) is 10.9. The van der Waals surface area contributed by atoms with Gasteiger partial charge in [-0.1, -0.05) is 13.8 Å². The zero-order valence-electron chi connectivity index (χ0n) is 27.2. The molecule has 3 aromatic rings. The summed E-state index contributed by atoms with van der Waals surface area (Å²) in [6.45, 7) is 5.89. The first kappa shape index (κ1) is 32.5. The Balaban J connectivity index is 1.37. The number of fused-ring (bicyclic) bond motifs is 6. The van der Waals surface area contributed by atoms with Gasteiger partial charge in [0.2, 0.25) is 0 Å². The SMILES string of the molecule is Cc1cc(N)nc(-c2c(F)c3c4c(nc(OCC56CCCN5CC(=C(F)F)C6)nc4c2F)N2C[C@H]4CC[C@H](N4)[C@H]2CC3(C)C)c1C(F)(F)F. The first-order valence-corrected chi connectivity index (χ1v) is 16.6. The Morgan fingerprint density at radius 3 is 2.63 bits per heavy atom. The lowest BCUT2D eigenvalue weighted by molar-refractivity contribution is -0.137. The van der Waals surface area contributed by atoms with Gasteiger partial charge in [0.1, 0.15) is 29.6 Å². The first-order chi connectivity index (χ1) is 23.1. The highest BCUT2D eigenvalue weighted by Crippen LogP contribution is 2.51. The van der Waals surface area contributed by atoms with Gasteiger partial charge in [0.15, 0.2) is 5.82 Å². The van der Waals surface area contributed by atoms with Crippen LogP contribution in [0.3, 0.4) is 0 Å². The fraction of sp³-hybridized carbons (Fsp3) is 0.559. The van der Waals surface area contributed by atoms with Gasteiger partial charge in [-0.15, -0.1) is 0 Å². The molecule has 3 N–H and O–H groups in total. The largest absolute Gasteiger partial charge is 0.461 e. The number of piperazine rings is 1. The molecule has 7 heterocycles. The van der Waals surface area contributed by atoms with Crippen LogP contribution in [0, 0.1) is 18.6 Å². The predicted molar refractivity (Wildman–Crippen MR) is 168 cm³/mol. The highest BCUT2D eigenvalue weighted by Gasteiger charge is 2.51. The van der Waals surface area contributed by atoms with E-state index in [0.29, 0.717) is 25.9 Å². The highest BCUT2D eigenvalue weighted by atomic mass is 19.4. The highest BCUT2D eigenvalue weighted by molar-refractivity contribution is 5.98. The Bertz CT molecular complexity index is 1930. The lowest BCUT2D eigenvalue weighted by Crippen LogP contribution is -2.59. The molecular weight excluding hydrogens is 655 g/mol. The van der Waals surface area contributed by atoms with Crippen LogP contribution in [0.25, 0.3) is 22.2 Å². The van der Waals surface area contributed by atoms with E-state index in [0.717, 1.165) is 32.3 Å². The number of pyridine rings is 1. The average molecular weight is 692 g/mol. The minimum Gasteiger partial charge on any atom is -0.461 e. The number of nitrogens with zero attached hydrogens (tertiary/aromatic N) is 5. The van der Waals surface area contributed by atoms with Gasteiger partial charge in [0, 0.05) is 42.4 Å². The third kappa shape index (κ3) is 4.96. The van der Waals surface area contributed by atoms with Gasteiger partial charge in [-0.2, -0.15) is 31.9 Å². The van der Waals surface area contributed by atoms with Crippen LogP contribution in [-0.4, -0.2) is 69.8 Å². The van der Waals surface area contributed by atoms with E-state index >= 15 is 8.78 Å². The molecule has 8 rings (SSSR count). The van der Waals surface area contributed by atoms with E-state index in [4.69, 9.17) is 15.5 Å². The maximum Gasteiger partial charge on any atom is 0.418 e. The number of ether oxygens (including phenoxy) is 1. The van der Waals surface area contributed by atoms with Crippen molar-refractivity contribution in [3.05, 3.63) is 46.0 Å². The number of benzene rings is 1. The summed E-state index contributed by atoms with van der Waals surface area (Å²) in [6.07, 6.45) is -3.09. The van der Waals surface area contributed by atoms with Crippen molar-refractivity contribution in [2.45, 2.75) is 94.6 Å². The van der Waals surface area contributed by atoms with E-state index in [1.54, 1.807) is 13.8 Å². The maximum atomic E-state index is 17.2. The molecule has 4 saturated heterocycles. The molecule has 5 aliphatic heterocycles. The molecule has 0 amide bonds. The second-order valence-corrected chi connectivity index (χ2v) is 15.0. The summed E-state index contributed by atoms with van der Waals surface area (Å²) in [5, 5.41) is 3.69. The number of nitrogen functional groups attached to an aromatic ring is 1. The number of aromatic nitrogens is 3. The van der Waals surface area contributed by atoms with Crippen LogP contribution < -0.4 is 20.7 Å². The summed E-state index contributed by atoms with van der Waals surface area (Å²) in [6, 6.07) is 0.679. The predicted octanol–water partition coefficient (Wildman–Crippen LogP) is 6.64. The van der Waals surface area contributed by atoms with Crippen molar-refractivity contribution in [2.24, 2.45) is 0 Å². The van der Waals surface area contributed by atoms with Gasteiger partial charge in [0.25, 0.3) is 6.08 Å². The van der Waals surface area contributed by atoms with Gasteiger partial charge in [-0.05, 0) is 69.0 Å². The van der Waals surface area contributed by atoms with Crippen LogP contribution in [0.5, 0.6) is 6.01 Å². The fourth-order valence-electron chi connectivity index (χ4n) is 9.29. The minimum absolute atomic E-state index is 0.00900. The van der Waals surface area contributed by atoms with E-state index in [1.807, 2.05) is 9.80 Å². The standard InChI is InChI=1S/C34H36F7N7O/c1-15-9-20(42)44-27(23(15)34(39,40)41)22-25(35)24-21-28(26(22)36)45-31(49-14-33-7-4-8-47(33)12-16(10-33)29(37)38)46-30(21)48-13-17-5-6-18(43-17)19(48)11-32(24,2)3/h9,17-19,43H,4-8,10-14H2,1-3H3,(H2,42,44)/t17-,18+,19-,33?/m1/s1. The maximum absolute atomic E-state index is 17.2. The molecule has 2 bridgehead atoms. The van der Waals surface area contributed by atoms with Gasteiger partial charge >= 0.3 is 12.2 Å². The number of rotatable bonds is 4. The number of halogens is 7. The molecule has 1 unspecified atom stereocenters. The molecular formula is C34H36F7N7O. The molecule has 4 fully saturated rings. The van der Waals surface area contributed by atoms with Gasteiger partial charge < -0.3 is 20.7 Å². The second-order valence-electron chi connectivity index (χ2n) is 15.0. The Labute approximate surface area is 277 Å². The van der Waals surface area contributed by atoms with Crippen LogP contribution in [0.15, 0.2) is 17.7 Å². The van der Waals surface area contributed by atoms with E-state index in [2.05, 4.69) is 15.3 Å². The van der Waals surface area contributed by atoms with Crippen molar-refractivity contribution in [2.75, 3.05) is 36.9 Å². The summed E-state index contributed by atoms with van der Waals surface area (Å²) >= 11 is 0. The van der Waals surface area contributed by atoms with Crippen molar-refractivity contribution in [3.63, 3.8) is 0 Å². The number of alkyl halides is 3. The molecule has 0 spiro atoms. The average Bonchev–Trinajstić information content (AvgIpc) is 3.67. The number of nitrogens with two attached hydrogens (primary N) is 1. The Hall–Kier alpha value is -3.72. The van der Waals surface area contributed by atoms with Crippen LogP contribution in [0.1, 0.15) is 69.1 Å². The quantitative estimate of drug-likeness (QED) is 0.295. The van der Waals surface area contributed by atoms with E-state index < -0.39 is 57.2 Å². The van der Waals surface area contributed by atoms with Gasteiger partial charge in [-0.25, -0.2) is 13.8 Å². The number of hydrogen-bond donors (Lipinski definition) is 2. The molecule has 2 aromatic heterocycles. The van der Waals surface area contributed by atoms with Crippen molar-refractivity contribution in [1.82, 2.24) is 25.2 Å². The molecule has 5 aliphatic rings. The Kier molecular flexibility index (Phi) is 7.22. The number of nitrogens with one attached hydrogen (secondary N) is 1. The summed E-state index contributed by atoms with van der Waals surface area (Å²) in [5.74, 6) is -2.60. The number of anilines is 2. The lowest BCUT2D eigenvalue weighted by atomic mass is 9.75. The molecule has 262 valence electrons. The van der Waals surface area contributed by atoms with E-state index in [1.165, 1.54) is 0 Å². The third-order valence-electron chi connectivity index (χ3n) is 11.4. The Morgan fingerprint density at radius 1 is 1.12 bits per heavy atom. The summed E-state index contributed by atoms with van der Waals surface area (Å²) in [7, 11) is 0. The topological polar surface area (TPSA) is 92.4 Å². The summed E-state index contributed by atoms with van der Waals surface area (Å²) in [5.41, 5.74) is 0.200. The van der Waals surface area contributed by atoms with E-state index in [9.17, 15) is 22.0 Å². The summed E-state index contributed by atoms with van der Waals surface area (Å²) < 4.78 is 111. The van der Waals surface area contributed by atoms with Crippen molar-refractivity contribution in [1.29, 1.82) is 0 Å². The number of aryl methyl sites for hydroxylation is 1. The van der Waals surface area contributed by atoms with Crippen LogP contribution in [-0.2, 0) is 11.6 Å². The molecule has 8 nitrogen and oxygen atoms in total. The molecule has 0 saturated carbocycles. The van der Waals surface area contributed by atoms with E-state index in [-0.39, 0.29) is 77.4 Å². The molecule has 0 aliphatic carbocycles. The van der Waals surface area contributed by atoms with Gasteiger partial charge in [-0.3, -0.25) is 4.90 Å². The minimum atomic E-state index is -5.01.